The van der Waals surface area contributed by atoms with Crippen LogP contribution in [0.1, 0.15) is 26.7 Å². The van der Waals surface area contributed by atoms with Gasteiger partial charge in [0.05, 0.1) is 6.61 Å². The number of piperazine rings is 1. The molecule has 1 fully saturated rings. The molecule has 4 nitrogen and oxygen atoms in total. The van der Waals surface area contributed by atoms with Crippen LogP contribution >= 0.6 is 0 Å². The Hall–Kier alpha value is -0.160. The molecule has 0 amide bonds. The Labute approximate surface area is 114 Å². The van der Waals surface area contributed by atoms with Crippen LogP contribution in [0, 0.1) is 0 Å². The molecule has 0 radical (unpaired) electrons. The second-order valence-corrected chi connectivity index (χ2v) is 4.78. The highest BCUT2D eigenvalue weighted by Gasteiger charge is 2.14. The number of hydrogen-bond acceptors (Lipinski definition) is 4. The average molecular weight is 259 g/mol. The molecule has 18 heavy (non-hydrogen) atoms. The van der Waals surface area contributed by atoms with Crippen molar-refractivity contribution >= 4 is 0 Å². The number of hydrogen-bond donors (Lipinski definition) is 1. The van der Waals surface area contributed by atoms with Crippen molar-refractivity contribution in [3.8, 4) is 0 Å². The molecule has 1 aliphatic heterocycles. The van der Waals surface area contributed by atoms with Crippen LogP contribution in [0.25, 0.3) is 0 Å². The first-order valence-electron chi connectivity index (χ1n) is 7.36. The smallest absolute Gasteiger partial charge is 0.0589 e. The topological polar surface area (TPSA) is 27.7 Å². The van der Waals surface area contributed by atoms with Crippen molar-refractivity contribution in [1.29, 1.82) is 0 Å². The van der Waals surface area contributed by atoms with E-state index in [1.807, 2.05) is 7.05 Å². The van der Waals surface area contributed by atoms with E-state index in [0.29, 0.717) is 0 Å². The number of nitrogens with one attached hydrogen (secondary N) is 1. The summed E-state index contributed by atoms with van der Waals surface area (Å²) in [5.74, 6) is 0. The number of ether oxygens (including phenoxy) is 1. The van der Waals surface area contributed by atoms with Crippen LogP contribution in [0.4, 0.5) is 0 Å². The summed E-state index contributed by atoms with van der Waals surface area (Å²) in [4.78, 5) is 5.03. The van der Waals surface area contributed by atoms with E-state index >= 15 is 0 Å². The minimum absolute atomic E-state index is 0.869. The molecule has 0 aromatic heterocycles. The lowest BCUT2D eigenvalue weighted by atomic mass is 10.3. The first-order valence-corrected chi connectivity index (χ1v) is 7.36. The third kappa shape index (κ3) is 9.83. The van der Waals surface area contributed by atoms with E-state index < -0.39 is 0 Å². The van der Waals surface area contributed by atoms with Gasteiger partial charge >= 0.3 is 0 Å². The van der Waals surface area contributed by atoms with Gasteiger partial charge in [-0.1, -0.05) is 13.8 Å². The van der Waals surface area contributed by atoms with Crippen LogP contribution in [0.5, 0.6) is 0 Å². The Morgan fingerprint density at radius 3 is 1.83 bits per heavy atom. The monoisotopic (exact) mass is 259 g/mol. The number of nitrogens with zero attached hydrogens (tertiary/aromatic N) is 2. The van der Waals surface area contributed by atoms with Gasteiger partial charge in [0.15, 0.2) is 0 Å². The van der Waals surface area contributed by atoms with E-state index in [0.717, 1.165) is 19.7 Å². The molecule has 0 aromatic rings. The predicted molar refractivity (Wildman–Crippen MR) is 79.3 cm³/mol. The number of rotatable bonds is 7. The maximum atomic E-state index is 5.06. The first-order chi connectivity index (χ1) is 8.78. The normalized spacial score (nSPS) is 17.3. The average Bonchev–Trinajstić information content (AvgIpc) is 2.40. The molecule has 1 N–H and O–H groups in total. The summed E-state index contributed by atoms with van der Waals surface area (Å²) in [5, 5.41) is 3.02. The minimum Gasteiger partial charge on any atom is -0.383 e. The standard InChI is InChI=1S/C10H22N2O.C4H11N/c1-3-4-11-5-7-12(8-6-11)9-10-13-2;1-3-4-5-2/h3-10H2,1-2H3;5H,3-4H2,1-2H3. The highest BCUT2D eigenvalue weighted by Crippen LogP contribution is 2.01. The maximum Gasteiger partial charge on any atom is 0.0589 e. The zero-order valence-corrected chi connectivity index (χ0v) is 12.9. The Bertz CT molecular complexity index is 157. The van der Waals surface area contributed by atoms with Gasteiger partial charge in [-0.3, -0.25) is 4.90 Å². The molecule has 0 saturated carbocycles. The van der Waals surface area contributed by atoms with Crippen molar-refractivity contribution in [2.24, 2.45) is 0 Å². The highest BCUT2D eigenvalue weighted by atomic mass is 16.5. The molecule has 0 bridgehead atoms. The van der Waals surface area contributed by atoms with Gasteiger partial charge in [-0.05, 0) is 33.0 Å². The Balaban J connectivity index is 0.000000494. The third-order valence-electron chi connectivity index (χ3n) is 3.12. The first kappa shape index (κ1) is 17.8. The molecule has 4 heteroatoms. The summed E-state index contributed by atoms with van der Waals surface area (Å²) in [7, 11) is 3.73. The van der Waals surface area contributed by atoms with Gasteiger partial charge in [-0.15, -0.1) is 0 Å². The fraction of sp³-hybridized carbons (Fsp3) is 1.00. The van der Waals surface area contributed by atoms with Crippen molar-refractivity contribution in [2.45, 2.75) is 26.7 Å². The van der Waals surface area contributed by atoms with Crippen LogP contribution in [-0.4, -0.2) is 76.4 Å². The zero-order chi connectivity index (χ0) is 13.6. The fourth-order valence-electron chi connectivity index (χ4n) is 2.02. The van der Waals surface area contributed by atoms with E-state index in [4.69, 9.17) is 4.74 Å². The Morgan fingerprint density at radius 2 is 1.50 bits per heavy atom. The Kier molecular flexibility index (Phi) is 13.2. The maximum absolute atomic E-state index is 5.06. The highest BCUT2D eigenvalue weighted by molar-refractivity contribution is 4.70. The summed E-state index contributed by atoms with van der Waals surface area (Å²) in [6, 6.07) is 0. The zero-order valence-electron chi connectivity index (χ0n) is 12.9. The number of methoxy groups -OCH3 is 1. The van der Waals surface area contributed by atoms with E-state index in [1.165, 1.54) is 45.6 Å². The molecule has 1 heterocycles. The van der Waals surface area contributed by atoms with Crippen molar-refractivity contribution in [2.75, 3.05) is 66.6 Å². The second kappa shape index (κ2) is 13.3. The summed E-state index contributed by atoms with van der Waals surface area (Å²) in [6.45, 7) is 13.7. The van der Waals surface area contributed by atoms with Crippen molar-refractivity contribution in [1.82, 2.24) is 15.1 Å². The summed E-state index contributed by atoms with van der Waals surface area (Å²) in [5.41, 5.74) is 0. The van der Waals surface area contributed by atoms with Gasteiger partial charge in [-0.25, -0.2) is 0 Å². The molecule has 110 valence electrons. The fourth-order valence-corrected chi connectivity index (χ4v) is 2.02. The molecule has 0 aromatic carbocycles. The third-order valence-corrected chi connectivity index (χ3v) is 3.12. The van der Waals surface area contributed by atoms with Gasteiger partial charge in [0.1, 0.15) is 0 Å². The molecular formula is C14H33N3O. The van der Waals surface area contributed by atoms with Crippen molar-refractivity contribution < 1.29 is 4.74 Å². The van der Waals surface area contributed by atoms with Crippen LogP contribution in [0.15, 0.2) is 0 Å². The SMILES string of the molecule is CCCN1CCN(CCOC)CC1.CCCNC. The van der Waals surface area contributed by atoms with Crippen LogP contribution < -0.4 is 5.32 Å². The van der Waals surface area contributed by atoms with Gasteiger partial charge in [0.2, 0.25) is 0 Å². The van der Waals surface area contributed by atoms with Gasteiger partial charge in [0.25, 0.3) is 0 Å². The summed E-state index contributed by atoms with van der Waals surface area (Å²) in [6.07, 6.45) is 2.51. The van der Waals surface area contributed by atoms with E-state index in [9.17, 15) is 0 Å². The molecule has 1 saturated heterocycles. The lowest BCUT2D eigenvalue weighted by Crippen LogP contribution is -2.47. The van der Waals surface area contributed by atoms with E-state index in [1.54, 1.807) is 7.11 Å². The predicted octanol–water partition coefficient (Wildman–Crippen LogP) is 1.28. The quantitative estimate of drug-likeness (QED) is 0.745. The van der Waals surface area contributed by atoms with Gasteiger partial charge in [0, 0.05) is 39.8 Å². The van der Waals surface area contributed by atoms with E-state index in [2.05, 4.69) is 29.0 Å². The molecule has 1 rings (SSSR count). The molecule has 0 unspecified atom stereocenters. The molecule has 0 atom stereocenters. The van der Waals surface area contributed by atoms with Gasteiger partial charge in [-0.2, -0.15) is 0 Å². The summed E-state index contributed by atoms with van der Waals surface area (Å²) < 4.78 is 5.06. The van der Waals surface area contributed by atoms with Crippen LogP contribution in [-0.2, 0) is 4.74 Å². The summed E-state index contributed by atoms with van der Waals surface area (Å²) >= 11 is 0. The lowest BCUT2D eigenvalue weighted by Gasteiger charge is -2.34. The lowest BCUT2D eigenvalue weighted by molar-refractivity contribution is 0.0971. The van der Waals surface area contributed by atoms with Crippen molar-refractivity contribution in [3.05, 3.63) is 0 Å². The van der Waals surface area contributed by atoms with Gasteiger partial charge < -0.3 is 15.0 Å². The minimum atomic E-state index is 0.869. The van der Waals surface area contributed by atoms with Crippen LogP contribution in [0.2, 0.25) is 0 Å². The molecule has 0 spiro atoms. The molecule has 0 aliphatic carbocycles. The van der Waals surface area contributed by atoms with Crippen LogP contribution in [0.3, 0.4) is 0 Å². The van der Waals surface area contributed by atoms with E-state index in [-0.39, 0.29) is 0 Å². The van der Waals surface area contributed by atoms with Crippen molar-refractivity contribution in [3.63, 3.8) is 0 Å². The molecular weight excluding hydrogens is 226 g/mol. The second-order valence-electron chi connectivity index (χ2n) is 4.78. The molecule has 1 aliphatic rings. The Morgan fingerprint density at radius 1 is 0.944 bits per heavy atom. The largest absolute Gasteiger partial charge is 0.383 e.